The molecule has 0 amide bonds. The molecular formula is C9H8N4O4S. The molecule has 0 spiro atoms. The van der Waals surface area contributed by atoms with Gasteiger partial charge in [-0.1, -0.05) is 0 Å². The van der Waals surface area contributed by atoms with E-state index in [-0.39, 0.29) is 16.9 Å². The third-order valence-corrected chi connectivity index (χ3v) is 2.87. The van der Waals surface area contributed by atoms with Gasteiger partial charge in [0.2, 0.25) is 0 Å². The summed E-state index contributed by atoms with van der Waals surface area (Å²) in [5.74, 6) is -1.10. The van der Waals surface area contributed by atoms with Gasteiger partial charge in [-0.15, -0.1) is 0 Å². The van der Waals surface area contributed by atoms with Crippen molar-refractivity contribution >= 4 is 40.1 Å². The van der Waals surface area contributed by atoms with Crippen LogP contribution in [0.4, 0.5) is 11.4 Å². The first-order chi connectivity index (χ1) is 8.50. The number of nitrogens with one attached hydrogen (secondary N) is 1. The van der Waals surface area contributed by atoms with Gasteiger partial charge in [-0.2, -0.15) is 8.75 Å². The van der Waals surface area contributed by atoms with Gasteiger partial charge < -0.3 is 10.4 Å². The van der Waals surface area contributed by atoms with Crippen LogP contribution in [0, 0.1) is 10.1 Å². The maximum Gasteiger partial charge on any atom is 0.325 e. The second kappa shape index (κ2) is 4.53. The Morgan fingerprint density at radius 3 is 2.89 bits per heavy atom. The second-order valence-electron chi connectivity index (χ2n) is 3.56. The highest BCUT2D eigenvalue weighted by Crippen LogP contribution is 2.32. The van der Waals surface area contributed by atoms with Crippen molar-refractivity contribution < 1.29 is 14.8 Å². The molecular weight excluding hydrogens is 260 g/mol. The van der Waals surface area contributed by atoms with Crippen LogP contribution >= 0.6 is 11.7 Å². The van der Waals surface area contributed by atoms with Crippen molar-refractivity contribution in [2.75, 3.05) is 5.32 Å². The predicted octanol–water partition coefficient (Wildman–Crippen LogP) is 1.48. The molecule has 0 bridgehead atoms. The SMILES string of the molecule is C[C@@H](Nc1ccc2nsnc2c1[N+](=O)[O-])C(=O)O. The Morgan fingerprint density at radius 1 is 1.56 bits per heavy atom. The molecule has 8 nitrogen and oxygen atoms in total. The third-order valence-electron chi connectivity index (χ3n) is 2.33. The molecule has 1 aromatic carbocycles. The molecule has 0 aliphatic carbocycles. The van der Waals surface area contributed by atoms with Crippen molar-refractivity contribution in [3.8, 4) is 0 Å². The van der Waals surface area contributed by atoms with Crippen LogP contribution in [0.3, 0.4) is 0 Å². The number of aromatic nitrogens is 2. The highest BCUT2D eigenvalue weighted by atomic mass is 32.1. The number of anilines is 1. The number of nitro benzene ring substituents is 1. The number of hydrogen-bond donors (Lipinski definition) is 2. The van der Waals surface area contributed by atoms with Crippen molar-refractivity contribution in [1.29, 1.82) is 0 Å². The highest BCUT2D eigenvalue weighted by Gasteiger charge is 2.23. The Bertz CT molecular complexity index is 626. The fourth-order valence-electron chi connectivity index (χ4n) is 1.43. The summed E-state index contributed by atoms with van der Waals surface area (Å²) in [7, 11) is 0. The van der Waals surface area contributed by atoms with Crippen LogP contribution in [0.25, 0.3) is 11.0 Å². The zero-order valence-electron chi connectivity index (χ0n) is 9.15. The van der Waals surface area contributed by atoms with Crippen LogP contribution in [-0.2, 0) is 4.79 Å². The van der Waals surface area contributed by atoms with E-state index < -0.39 is 16.9 Å². The standard InChI is InChI=1S/C9H8N4O4S/c1-4(9(14)15)10-6-3-2-5-7(12-18-11-5)8(6)13(16)17/h2-4,10H,1H3,(H,14,15)/t4-/m1/s1. The van der Waals surface area contributed by atoms with Gasteiger partial charge in [-0.05, 0) is 19.1 Å². The van der Waals surface area contributed by atoms with Crippen LogP contribution in [0.1, 0.15) is 6.92 Å². The van der Waals surface area contributed by atoms with E-state index in [1.165, 1.54) is 13.0 Å². The van der Waals surface area contributed by atoms with Crippen LogP contribution in [0.15, 0.2) is 12.1 Å². The molecule has 0 radical (unpaired) electrons. The lowest BCUT2D eigenvalue weighted by Gasteiger charge is -2.10. The van der Waals surface area contributed by atoms with Crippen molar-refractivity contribution in [2.24, 2.45) is 0 Å². The quantitative estimate of drug-likeness (QED) is 0.636. The van der Waals surface area contributed by atoms with E-state index in [2.05, 4.69) is 14.1 Å². The smallest absolute Gasteiger partial charge is 0.325 e. The first kappa shape index (κ1) is 12.2. The van der Waals surface area contributed by atoms with Crippen molar-refractivity contribution in [2.45, 2.75) is 13.0 Å². The van der Waals surface area contributed by atoms with Crippen molar-refractivity contribution in [3.05, 3.63) is 22.2 Å². The Hall–Kier alpha value is -2.29. The van der Waals surface area contributed by atoms with Gasteiger partial charge in [0.15, 0.2) is 5.52 Å². The highest BCUT2D eigenvalue weighted by molar-refractivity contribution is 7.00. The fourth-order valence-corrected chi connectivity index (χ4v) is 1.97. The lowest BCUT2D eigenvalue weighted by Crippen LogP contribution is -2.25. The molecule has 1 heterocycles. The van der Waals surface area contributed by atoms with Gasteiger partial charge in [-0.3, -0.25) is 14.9 Å². The number of benzene rings is 1. The zero-order chi connectivity index (χ0) is 13.3. The van der Waals surface area contributed by atoms with Crippen LogP contribution in [-0.4, -0.2) is 30.8 Å². The minimum Gasteiger partial charge on any atom is -0.480 e. The fraction of sp³-hybridized carbons (Fsp3) is 0.222. The lowest BCUT2D eigenvalue weighted by atomic mass is 10.2. The van der Waals surface area contributed by atoms with Crippen LogP contribution < -0.4 is 5.32 Å². The van der Waals surface area contributed by atoms with E-state index in [4.69, 9.17) is 5.11 Å². The minimum absolute atomic E-state index is 0.120. The number of carbonyl (C=O) groups is 1. The van der Waals surface area contributed by atoms with Crippen LogP contribution in [0.2, 0.25) is 0 Å². The first-order valence-corrected chi connectivity index (χ1v) is 5.62. The minimum atomic E-state index is -1.10. The van der Waals surface area contributed by atoms with Crippen molar-refractivity contribution in [1.82, 2.24) is 8.75 Å². The van der Waals surface area contributed by atoms with E-state index in [9.17, 15) is 14.9 Å². The molecule has 0 unspecified atom stereocenters. The molecule has 2 N–H and O–H groups in total. The molecule has 0 aliphatic heterocycles. The average molecular weight is 268 g/mol. The molecule has 18 heavy (non-hydrogen) atoms. The summed E-state index contributed by atoms with van der Waals surface area (Å²) < 4.78 is 7.75. The monoisotopic (exact) mass is 268 g/mol. The molecule has 9 heteroatoms. The molecule has 0 fully saturated rings. The molecule has 2 rings (SSSR count). The molecule has 2 aromatic rings. The molecule has 1 aromatic heterocycles. The average Bonchev–Trinajstić information content (AvgIpc) is 2.75. The van der Waals surface area contributed by atoms with E-state index in [0.717, 1.165) is 11.7 Å². The zero-order valence-corrected chi connectivity index (χ0v) is 9.97. The van der Waals surface area contributed by atoms with Crippen LogP contribution in [0.5, 0.6) is 0 Å². The number of rotatable bonds is 4. The normalized spacial score (nSPS) is 12.3. The van der Waals surface area contributed by atoms with Gasteiger partial charge in [0.1, 0.15) is 17.2 Å². The van der Waals surface area contributed by atoms with E-state index in [1.807, 2.05) is 0 Å². The molecule has 1 atom stereocenters. The predicted molar refractivity (Wildman–Crippen MR) is 64.8 cm³/mol. The molecule has 0 saturated carbocycles. The van der Waals surface area contributed by atoms with Gasteiger partial charge in [-0.25, -0.2) is 0 Å². The number of hydrogen-bond acceptors (Lipinski definition) is 7. The number of nitrogens with zero attached hydrogens (tertiary/aromatic N) is 3. The summed E-state index contributed by atoms with van der Waals surface area (Å²) in [5.41, 5.74) is 0.442. The Labute approximate surface area is 105 Å². The van der Waals surface area contributed by atoms with Gasteiger partial charge in [0, 0.05) is 0 Å². The van der Waals surface area contributed by atoms with Gasteiger partial charge in [0.05, 0.1) is 16.7 Å². The lowest BCUT2D eigenvalue weighted by molar-refractivity contribution is -0.382. The number of carboxylic acid groups (broad SMARTS) is 1. The third kappa shape index (κ3) is 2.07. The molecule has 0 aliphatic rings. The van der Waals surface area contributed by atoms with E-state index >= 15 is 0 Å². The summed E-state index contributed by atoms with van der Waals surface area (Å²) in [6.07, 6.45) is 0. The Balaban J connectivity index is 2.52. The van der Waals surface area contributed by atoms with Crippen molar-refractivity contribution in [3.63, 3.8) is 0 Å². The first-order valence-electron chi connectivity index (χ1n) is 4.89. The van der Waals surface area contributed by atoms with Gasteiger partial charge in [0.25, 0.3) is 0 Å². The molecule has 0 saturated heterocycles. The van der Waals surface area contributed by atoms with E-state index in [1.54, 1.807) is 6.07 Å². The summed E-state index contributed by atoms with van der Waals surface area (Å²) in [4.78, 5) is 21.2. The number of carboxylic acids is 1. The Morgan fingerprint density at radius 2 is 2.28 bits per heavy atom. The number of nitro groups is 1. The summed E-state index contributed by atoms with van der Waals surface area (Å²) >= 11 is 0.870. The largest absolute Gasteiger partial charge is 0.480 e. The maximum atomic E-state index is 11.0. The van der Waals surface area contributed by atoms with Gasteiger partial charge >= 0.3 is 11.7 Å². The topological polar surface area (TPSA) is 118 Å². The second-order valence-corrected chi connectivity index (χ2v) is 4.08. The number of aliphatic carboxylic acids is 1. The van der Waals surface area contributed by atoms with E-state index in [0.29, 0.717) is 5.52 Å². The maximum absolute atomic E-state index is 11.0. The molecule has 94 valence electrons. The Kier molecular flexibility index (Phi) is 3.06. The summed E-state index contributed by atoms with van der Waals surface area (Å²) in [6.45, 7) is 1.40. The number of fused-ring (bicyclic) bond motifs is 1. The summed E-state index contributed by atoms with van der Waals surface area (Å²) in [5, 5.41) is 22.4. The summed E-state index contributed by atoms with van der Waals surface area (Å²) in [6, 6.07) is 2.05.